The highest BCUT2D eigenvalue weighted by Crippen LogP contribution is 2.27. The van der Waals surface area contributed by atoms with E-state index in [0.717, 1.165) is 23.5 Å². The summed E-state index contributed by atoms with van der Waals surface area (Å²) in [6.45, 7) is 5.26. The molecule has 10 heteroatoms. The molecule has 136 valence electrons. The zero-order valence-corrected chi connectivity index (χ0v) is 15.6. The molecule has 0 atom stereocenters. The Morgan fingerprint density at radius 1 is 1.36 bits per heavy atom. The van der Waals surface area contributed by atoms with Crippen LogP contribution in [0.4, 0.5) is 16.5 Å². The van der Waals surface area contributed by atoms with Crippen molar-refractivity contribution >= 4 is 38.2 Å². The van der Waals surface area contributed by atoms with Crippen molar-refractivity contribution in [2.45, 2.75) is 20.3 Å². The highest BCUT2D eigenvalue weighted by Gasteiger charge is 2.08. The second kappa shape index (κ2) is 8.99. The lowest BCUT2D eigenvalue weighted by Gasteiger charge is -2.23. The number of benzene rings is 1. The van der Waals surface area contributed by atoms with Crippen molar-refractivity contribution in [3.8, 4) is 0 Å². The highest BCUT2D eigenvalue weighted by atomic mass is 32.3. The van der Waals surface area contributed by atoms with E-state index in [1.54, 1.807) is 6.20 Å². The van der Waals surface area contributed by atoms with Gasteiger partial charge in [0.25, 0.3) is 0 Å². The summed E-state index contributed by atoms with van der Waals surface area (Å²) in [4.78, 5) is 6.14. The summed E-state index contributed by atoms with van der Waals surface area (Å²) in [5.74, 6) is 0. The van der Waals surface area contributed by atoms with Crippen LogP contribution in [0.3, 0.4) is 0 Å². The number of nitrogens with zero attached hydrogens (tertiary/aromatic N) is 4. The van der Waals surface area contributed by atoms with Crippen LogP contribution in [0.1, 0.15) is 18.9 Å². The Hall–Kier alpha value is -1.88. The second-order valence-corrected chi connectivity index (χ2v) is 7.13. The van der Waals surface area contributed by atoms with E-state index in [0.29, 0.717) is 18.1 Å². The second-order valence-electron chi connectivity index (χ2n) is 5.17. The van der Waals surface area contributed by atoms with Crippen LogP contribution in [0.25, 0.3) is 0 Å². The topological polar surface area (TPSA) is 104 Å². The summed E-state index contributed by atoms with van der Waals surface area (Å²) in [5, 5.41) is 10.8. The van der Waals surface area contributed by atoms with E-state index in [-0.39, 0.29) is 6.61 Å². The molecule has 8 nitrogen and oxygen atoms in total. The van der Waals surface area contributed by atoms with Gasteiger partial charge in [-0.15, -0.1) is 21.6 Å². The minimum atomic E-state index is -4.38. The van der Waals surface area contributed by atoms with Crippen LogP contribution in [0.5, 0.6) is 0 Å². The van der Waals surface area contributed by atoms with Crippen LogP contribution in [-0.4, -0.2) is 37.7 Å². The van der Waals surface area contributed by atoms with Gasteiger partial charge in [0.2, 0.25) is 5.13 Å². The molecule has 0 saturated heterocycles. The van der Waals surface area contributed by atoms with Gasteiger partial charge in [-0.1, -0.05) is 0 Å². The molecule has 0 fully saturated rings. The van der Waals surface area contributed by atoms with Crippen molar-refractivity contribution in [3.63, 3.8) is 0 Å². The van der Waals surface area contributed by atoms with Gasteiger partial charge in [0.05, 0.1) is 12.3 Å². The molecule has 2 rings (SSSR count). The van der Waals surface area contributed by atoms with Crippen LogP contribution >= 0.6 is 11.3 Å². The van der Waals surface area contributed by atoms with Crippen molar-refractivity contribution in [1.29, 1.82) is 0 Å². The van der Waals surface area contributed by atoms with E-state index in [2.05, 4.69) is 24.3 Å². The summed E-state index contributed by atoms with van der Waals surface area (Å²) in [6, 6.07) is 5.83. The van der Waals surface area contributed by atoms with Crippen LogP contribution in [0.15, 0.2) is 40.0 Å². The van der Waals surface area contributed by atoms with Gasteiger partial charge in [-0.2, -0.15) is 8.42 Å². The standard InChI is InChI=1S/C15H20N4O4S2/c1-3-19(8-4-9-23-25(20,21)22)13-5-6-14(12(2)11-13)17-18-15-16-7-10-24-15/h5-7,10-11H,3-4,8-9H2,1-2H3,(H,20,21,22)/b18-17+. The number of aromatic nitrogens is 1. The maximum Gasteiger partial charge on any atom is 0.397 e. The number of anilines is 1. The third-order valence-corrected chi connectivity index (χ3v) is 4.51. The molecule has 0 aliphatic rings. The molecule has 1 aromatic carbocycles. The summed E-state index contributed by atoms with van der Waals surface area (Å²) in [7, 11) is -4.38. The summed E-state index contributed by atoms with van der Waals surface area (Å²) in [6.07, 6.45) is 2.15. The van der Waals surface area contributed by atoms with Gasteiger partial charge in [0.15, 0.2) is 0 Å². The minimum absolute atomic E-state index is 0.0611. The Kier molecular flexibility index (Phi) is 7.00. The molecular formula is C15H20N4O4S2. The number of azo groups is 1. The van der Waals surface area contributed by atoms with E-state index < -0.39 is 10.4 Å². The maximum atomic E-state index is 10.5. The molecule has 0 spiro atoms. The molecule has 0 bridgehead atoms. The smallest absolute Gasteiger partial charge is 0.372 e. The van der Waals surface area contributed by atoms with Gasteiger partial charge in [0, 0.05) is 30.4 Å². The first-order chi connectivity index (χ1) is 11.9. The molecule has 1 N–H and O–H groups in total. The summed E-state index contributed by atoms with van der Waals surface area (Å²) >= 11 is 1.42. The Labute approximate surface area is 151 Å². The Morgan fingerprint density at radius 3 is 2.76 bits per heavy atom. The van der Waals surface area contributed by atoms with Crippen LogP contribution in [0.2, 0.25) is 0 Å². The van der Waals surface area contributed by atoms with E-state index in [1.165, 1.54) is 11.3 Å². The first kappa shape index (κ1) is 19.4. The molecular weight excluding hydrogens is 364 g/mol. The third-order valence-electron chi connectivity index (χ3n) is 3.39. The zero-order valence-electron chi connectivity index (χ0n) is 14.0. The summed E-state index contributed by atoms with van der Waals surface area (Å²) < 4.78 is 34.0. The molecule has 0 unspecified atom stereocenters. The Morgan fingerprint density at radius 2 is 2.16 bits per heavy atom. The maximum absolute atomic E-state index is 10.5. The molecule has 0 amide bonds. The van der Waals surface area contributed by atoms with Gasteiger partial charge in [-0.05, 0) is 44.0 Å². The monoisotopic (exact) mass is 384 g/mol. The largest absolute Gasteiger partial charge is 0.397 e. The molecule has 0 saturated carbocycles. The normalized spacial score (nSPS) is 12.0. The molecule has 1 aromatic heterocycles. The van der Waals surface area contributed by atoms with E-state index in [1.807, 2.05) is 37.4 Å². The molecule has 25 heavy (non-hydrogen) atoms. The van der Waals surface area contributed by atoms with Crippen molar-refractivity contribution in [1.82, 2.24) is 4.98 Å². The highest BCUT2D eigenvalue weighted by molar-refractivity contribution is 7.80. The van der Waals surface area contributed by atoms with Crippen molar-refractivity contribution in [2.75, 3.05) is 24.6 Å². The number of aryl methyl sites for hydroxylation is 1. The van der Waals surface area contributed by atoms with Crippen LogP contribution < -0.4 is 4.90 Å². The lowest BCUT2D eigenvalue weighted by molar-refractivity contribution is 0.266. The fourth-order valence-corrected chi connectivity index (χ4v) is 2.98. The average Bonchev–Trinajstić information content (AvgIpc) is 3.06. The molecule has 1 heterocycles. The number of hydrogen-bond acceptors (Lipinski definition) is 8. The molecule has 0 aliphatic carbocycles. The molecule has 0 radical (unpaired) electrons. The average molecular weight is 384 g/mol. The Bertz CT molecular complexity index is 807. The first-order valence-electron chi connectivity index (χ1n) is 7.67. The third kappa shape index (κ3) is 6.50. The van der Waals surface area contributed by atoms with Crippen LogP contribution in [-0.2, 0) is 14.6 Å². The number of thiazole rings is 1. The quantitative estimate of drug-likeness (QED) is 0.399. The first-order valence-corrected chi connectivity index (χ1v) is 9.92. The lowest BCUT2D eigenvalue weighted by atomic mass is 10.1. The number of hydrogen-bond donors (Lipinski definition) is 1. The minimum Gasteiger partial charge on any atom is -0.372 e. The lowest BCUT2D eigenvalue weighted by Crippen LogP contribution is -2.25. The van der Waals surface area contributed by atoms with Crippen molar-refractivity contribution < 1.29 is 17.2 Å². The SMILES string of the molecule is CCN(CCCOS(=O)(=O)O)c1ccc(/N=N/c2nccs2)c(C)c1. The fraction of sp³-hybridized carbons (Fsp3) is 0.400. The van der Waals surface area contributed by atoms with Gasteiger partial charge in [0.1, 0.15) is 0 Å². The van der Waals surface area contributed by atoms with Gasteiger partial charge >= 0.3 is 10.4 Å². The number of rotatable bonds is 9. The predicted octanol–water partition coefficient (Wildman–Crippen LogP) is 3.90. The fourth-order valence-electron chi connectivity index (χ4n) is 2.20. The Balaban J connectivity index is 1.99. The van der Waals surface area contributed by atoms with Gasteiger partial charge in [-0.3, -0.25) is 4.55 Å². The van der Waals surface area contributed by atoms with E-state index in [9.17, 15) is 8.42 Å². The van der Waals surface area contributed by atoms with E-state index in [4.69, 9.17) is 4.55 Å². The van der Waals surface area contributed by atoms with Gasteiger partial charge in [-0.25, -0.2) is 9.17 Å². The van der Waals surface area contributed by atoms with Crippen LogP contribution in [0, 0.1) is 6.92 Å². The van der Waals surface area contributed by atoms with Gasteiger partial charge < -0.3 is 4.90 Å². The van der Waals surface area contributed by atoms with Crippen molar-refractivity contribution in [3.05, 3.63) is 35.3 Å². The predicted molar refractivity (Wildman–Crippen MR) is 97.5 cm³/mol. The summed E-state index contributed by atoms with van der Waals surface area (Å²) in [5.41, 5.74) is 2.75. The van der Waals surface area contributed by atoms with E-state index >= 15 is 0 Å². The molecule has 2 aromatic rings. The van der Waals surface area contributed by atoms with Crippen molar-refractivity contribution in [2.24, 2.45) is 10.2 Å². The molecule has 0 aliphatic heterocycles. The zero-order chi connectivity index (χ0) is 18.3.